The zero-order valence-electron chi connectivity index (χ0n) is 20.9. The standard InChI is InChI=1S/C28H39N3O2/c1-17-14-21-22-7-6-19(16-24(32)30-20-10-13-29-18(2)15-20)27(22,3)11-8-23(21)28(4)12-9-25(33)31(5)26(17)28/h10,13,15,19,21-23H,6-9,11-12,14,16H2,1-5H3,(H,29,30,32)/t19-,21?,22?,23?,27-,28-/m1/s1. The highest BCUT2D eigenvalue weighted by Gasteiger charge is 2.60. The van der Waals surface area contributed by atoms with Crippen LogP contribution in [0, 0.1) is 41.4 Å². The molecule has 6 atom stereocenters. The molecule has 2 heterocycles. The Morgan fingerprint density at radius 1 is 1.18 bits per heavy atom. The molecule has 3 unspecified atom stereocenters. The van der Waals surface area contributed by atoms with Crippen molar-refractivity contribution < 1.29 is 9.59 Å². The van der Waals surface area contributed by atoms with Crippen molar-refractivity contribution in [3.8, 4) is 0 Å². The van der Waals surface area contributed by atoms with E-state index in [2.05, 4.69) is 31.1 Å². The van der Waals surface area contributed by atoms with Gasteiger partial charge in [0.15, 0.2) is 0 Å². The van der Waals surface area contributed by atoms with Gasteiger partial charge in [0.25, 0.3) is 0 Å². The lowest BCUT2D eigenvalue weighted by Crippen LogP contribution is -2.54. The summed E-state index contributed by atoms with van der Waals surface area (Å²) in [5, 5.41) is 3.11. The summed E-state index contributed by atoms with van der Waals surface area (Å²) in [5.41, 5.74) is 4.86. The van der Waals surface area contributed by atoms with E-state index >= 15 is 0 Å². The van der Waals surface area contributed by atoms with Gasteiger partial charge in [-0.3, -0.25) is 14.6 Å². The Bertz CT molecular complexity index is 1020. The number of aromatic nitrogens is 1. The number of fused-ring (bicyclic) bond motifs is 5. The van der Waals surface area contributed by atoms with E-state index in [1.54, 1.807) is 6.20 Å². The Balaban J connectivity index is 1.35. The minimum Gasteiger partial charge on any atom is -0.326 e. The number of aryl methyl sites for hydroxylation is 1. The second kappa shape index (κ2) is 7.95. The van der Waals surface area contributed by atoms with Crippen LogP contribution in [0.1, 0.15) is 77.8 Å². The molecule has 0 bridgehead atoms. The van der Waals surface area contributed by atoms with Crippen LogP contribution in [0.15, 0.2) is 29.6 Å². The average molecular weight is 450 g/mol. The molecule has 2 amide bonds. The average Bonchev–Trinajstić information content (AvgIpc) is 3.07. The van der Waals surface area contributed by atoms with Gasteiger partial charge < -0.3 is 10.2 Å². The summed E-state index contributed by atoms with van der Waals surface area (Å²) in [6.45, 7) is 9.12. The third-order valence-electron chi connectivity index (χ3n) is 10.1. The predicted octanol–water partition coefficient (Wildman–Crippen LogP) is 5.71. The number of allylic oxidation sites excluding steroid dienone is 2. The molecule has 3 aliphatic carbocycles. The molecule has 1 aliphatic heterocycles. The van der Waals surface area contributed by atoms with Gasteiger partial charge in [-0.25, -0.2) is 0 Å². The number of likely N-dealkylation sites (tertiary alicyclic amines) is 1. The van der Waals surface area contributed by atoms with Gasteiger partial charge in [-0.15, -0.1) is 0 Å². The Morgan fingerprint density at radius 3 is 2.73 bits per heavy atom. The number of hydrogen-bond acceptors (Lipinski definition) is 3. The number of piperidine rings is 1. The number of nitrogens with one attached hydrogen (secondary N) is 1. The number of nitrogens with zero attached hydrogens (tertiary/aromatic N) is 2. The topological polar surface area (TPSA) is 62.3 Å². The third kappa shape index (κ3) is 3.54. The van der Waals surface area contributed by atoms with E-state index in [1.807, 2.05) is 31.0 Å². The van der Waals surface area contributed by atoms with Gasteiger partial charge in [0, 0.05) is 48.6 Å². The van der Waals surface area contributed by atoms with Crippen molar-refractivity contribution in [2.45, 2.75) is 79.1 Å². The highest BCUT2D eigenvalue weighted by atomic mass is 16.2. The van der Waals surface area contributed by atoms with Crippen molar-refractivity contribution >= 4 is 17.5 Å². The second-order valence-electron chi connectivity index (χ2n) is 11.8. The van der Waals surface area contributed by atoms with Crippen molar-refractivity contribution in [3.63, 3.8) is 0 Å². The first kappa shape index (κ1) is 22.6. The fourth-order valence-electron chi connectivity index (χ4n) is 8.61. The maximum atomic E-state index is 13.0. The normalized spacial score (nSPS) is 38.0. The predicted molar refractivity (Wildman–Crippen MR) is 130 cm³/mol. The number of amides is 2. The van der Waals surface area contributed by atoms with Crippen LogP contribution in [0.4, 0.5) is 5.69 Å². The van der Waals surface area contributed by atoms with Crippen LogP contribution in [-0.2, 0) is 9.59 Å². The van der Waals surface area contributed by atoms with Gasteiger partial charge in [-0.1, -0.05) is 19.4 Å². The van der Waals surface area contributed by atoms with Crippen LogP contribution in [0.25, 0.3) is 0 Å². The van der Waals surface area contributed by atoms with E-state index in [-0.39, 0.29) is 22.6 Å². The van der Waals surface area contributed by atoms with E-state index in [0.29, 0.717) is 36.5 Å². The zero-order valence-corrected chi connectivity index (χ0v) is 20.9. The van der Waals surface area contributed by atoms with Crippen LogP contribution < -0.4 is 5.32 Å². The van der Waals surface area contributed by atoms with Crippen molar-refractivity contribution in [3.05, 3.63) is 35.3 Å². The van der Waals surface area contributed by atoms with Crippen molar-refractivity contribution in [1.82, 2.24) is 9.88 Å². The molecule has 0 radical (unpaired) electrons. The maximum absolute atomic E-state index is 13.0. The SMILES string of the molecule is CC1=C2N(C)C(=O)CC[C@]2(C)C2CC[C@@]3(C)C(CC[C@@H]3CC(=O)Nc3ccnc(C)c3)C2C1. The molecule has 0 spiro atoms. The molecule has 5 heteroatoms. The summed E-state index contributed by atoms with van der Waals surface area (Å²) in [6, 6.07) is 3.81. The minimum atomic E-state index is 0.117. The van der Waals surface area contributed by atoms with Gasteiger partial charge in [-0.2, -0.15) is 0 Å². The molecule has 5 rings (SSSR count). The van der Waals surface area contributed by atoms with Gasteiger partial charge in [0.05, 0.1) is 0 Å². The quantitative estimate of drug-likeness (QED) is 0.642. The van der Waals surface area contributed by atoms with Crippen molar-refractivity contribution in [1.29, 1.82) is 0 Å². The lowest BCUT2D eigenvalue weighted by atomic mass is 9.48. The lowest BCUT2D eigenvalue weighted by Gasteiger charge is -2.59. The molecule has 178 valence electrons. The molecule has 3 fully saturated rings. The Kier molecular flexibility index (Phi) is 5.45. The number of hydrogen-bond donors (Lipinski definition) is 1. The van der Waals surface area contributed by atoms with Gasteiger partial charge in [0.2, 0.25) is 11.8 Å². The lowest BCUT2D eigenvalue weighted by molar-refractivity contribution is -0.136. The Hall–Kier alpha value is -2.17. The maximum Gasteiger partial charge on any atom is 0.226 e. The fraction of sp³-hybridized carbons (Fsp3) is 0.679. The summed E-state index contributed by atoms with van der Waals surface area (Å²) < 4.78 is 0. The molecule has 1 aromatic heterocycles. The molecule has 1 saturated heterocycles. The molecule has 33 heavy (non-hydrogen) atoms. The molecular weight excluding hydrogens is 410 g/mol. The van der Waals surface area contributed by atoms with Crippen LogP contribution in [0.5, 0.6) is 0 Å². The monoisotopic (exact) mass is 449 g/mol. The zero-order chi connectivity index (χ0) is 23.5. The molecule has 5 nitrogen and oxygen atoms in total. The summed E-state index contributed by atoms with van der Waals surface area (Å²) in [7, 11) is 1.99. The fourth-order valence-corrected chi connectivity index (χ4v) is 8.61. The number of carbonyl (C=O) groups excluding carboxylic acids is 2. The largest absolute Gasteiger partial charge is 0.326 e. The molecule has 1 aromatic rings. The van der Waals surface area contributed by atoms with E-state index in [9.17, 15) is 9.59 Å². The van der Waals surface area contributed by atoms with Crippen LogP contribution >= 0.6 is 0 Å². The third-order valence-corrected chi connectivity index (χ3v) is 10.1. The second-order valence-corrected chi connectivity index (χ2v) is 11.8. The molecule has 4 aliphatic rings. The molecule has 2 saturated carbocycles. The van der Waals surface area contributed by atoms with Gasteiger partial charge >= 0.3 is 0 Å². The Morgan fingerprint density at radius 2 is 1.97 bits per heavy atom. The smallest absolute Gasteiger partial charge is 0.226 e. The molecular formula is C28H39N3O2. The van der Waals surface area contributed by atoms with Crippen LogP contribution in [0.3, 0.4) is 0 Å². The van der Waals surface area contributed by atoms with E-state index < -0.39 is 0 Å². The number of rotatable bonds is 3. The van der Waals surface area contributed by atoms with E-state index in [4.69, 9.17) is 0 Å². The minimum absolute atomic E-state index is 0.117. The van der Waals surface area contributed by atoms with Gasteiger partial charge in [-0.05, 0) is 93.6 Å². The summed E-state index contributed by atoms with van der Waals surface area (Å²) >= 11 is 0. The molecule has 1 N–H and O–H groups in total. The molecule has 0 aromatic carbocycles. The van der Waals surface area contributed by atoms with Crippen LogP contribution in [-0.4, -0.2) is 28.7 Å². The number of carbonyl (C=O) groups is 2. The van der Waals surface area contributed by atoms with Crippen LogP contribution in [0.2, 0.25) is 0 Å². The van der Waals surface area contributed by atoms with E-state index in [1.165, 1.54) is 30.5 Å². The van der Waals surface area contributed by atoms with Gasteiger partial charge in [0.1, 0.15) is 0 Å². The first-order chi connectivity index (χ1) is 15.6. The first-order valence-corrected chi connectivity index (χ1v) is 12.8. The highest BCUT2D eigenvalue weighted by molar-refractivity contribution is 5.90. The van der Waals surface area contributed by atoms with Crippen molar-refractivity contribution in [2.75, 3.05) is 12.4 Å². The van der Waals surface area contributed by atoms with E-state index in [0.717, 1.165) is 30.6 Å². The highest BCUT2D eigenvalue weighted by Crippen LogP contribution is 2.67. The number of anilines is 1. The summed E-state index contributed by atoms with van der Waals surface area (Å²) in [6.07, 6.45) is 9.94. The first-order valence-electron chi connectivity index (χ1n) is 12.8. The van der Waals surface area contributed by atoms with Crippen molar-refractivity contribution in [2.24, 2.45) is 34.5 Å². The summed E-state index contributed by atoms with van der Waals surface area (Å²) in [4.78, 5) is 31.6. The summed E-state index contributed by atoms with van der Waals surface area (Å²) in [5.74, 6) is 2.86. The number of pyridine rings is 1. The Labute approximate surface area is 198 Å².